The van der Waals surface area contributed by atoms with Gasteiger partial charge in [-0.2, -0.15) is 0 Å². The number of ether oxygens (including phenoxy) is 1. The number of para-hydroxylation sites is 1. The van der Waals surface area contributed by atoms with E-state index < -0.39 is 0 Å². The zero-order chi connectivity index (χ0) is 16.1. The molecule has 3 aromatic rings. The summed E-state index contributed by atoms with van der Waals surface area (Å²) in [5, 5.41) is 0. The van der Waals surface area contributed by atoms with Crippen LogP contribution < -0.4 is 4.74 Å². The molecule has 0 radical (unpaired) electrons. The van der Waals surface area contributed by atoms with Crippen molar-refractivity contribution >= 4 is 35.8 Å². The van der Waals surface area contributed by atoms with Crippen LogP contribution in [0.5, 0.6) is 5.75 Å². The van der Waals surface area contributed by atoms with Crippen molar-refractivity contribution in [2.45, 2.75) is 12.8 Å². The molecule has 0 spiro atoms. The Kier molecular flexibility index (Phi) is 8.76. The lowest BCUT2D eigenvalue weighted by Crippen LogP contribution is -2.13. The molecule has 4 nitrogen and oxygen atoms in total. The Hall–Kier alpha value is -1.75. The third kappa shape index (κ3) is 5.63. The van der Waals surface area contributed by atoms with Crippen molar-refractivity contribution < 1.29 is 4.74 Å². The van der Waals surface area contributed by atoms with Gasteiger partial charge in [-0.3, -0.25) is 4.57 Å². The molecule has 1 aromatic heterocycles. The number of fused-ring (bicyclic) bond motifs is 1. The Morgan fingerprint density at radius 2 is 1.76 bits per heavy atom. The highest BCUT2D eigenvalue weighted by Crippen LogP contribution is 2.22. The van der Waals surface area contributed by atoms with Gasteiger partial charge in [0, 0.05) is 11.8 Å². The number of unbranched alkanes of at least 4 members (excludes halogenated alkanes) is 1. The van der Waals surface area contributed by atoms with Crippen LogP contribution in [0.25, 0.3) is 16.7 Å². The number of hydrogen-bond acceptors (Lipinski definition) is 3. The molecule has 0 aliphatic carbocycles. The third-order valence-corrected chi connectivity index (χ3v) is 3.82. The third-order valence-electron chi connectivity index (χ3n) is 3.82. The number of benzene rings is 2. The molecule has 0 unspecified atom stereocenters. The Balaban J connectivity index is 0.00000156. The summed E-state index contributed by atoms with van der Waals surface area (Å²) >= 11 is 0. The smallest absolute Gasteiger partial charge is 0.121 e. The van der Waals surface area contributed by atoms with Crippen LogP contribution in [-0.4, -0.2) is 41.7 Å². The average molecular weight is 382 g/mol. The zero-order valence-corrected chi connectivity index (χ0v) is 16.2. The van der Waals surface area contributed by atoms with Gasteiger partial charge in [0.2, 0.25) is 0 Å². The maximum absolute atomic E-state index is 5.84. The molecule has 0 aliphatic heterocycles. The Bertz CT molecular complexity index is 760. The summed E-state index contributed by atoms with van der Waals surface area (Å²) in [4.78, 5) is 6.70. The summed E-state index contributed by atoms with van der Waals surface area (Å²) in [6.45, 7) is 1.85. The summed E-state index contributed by atoms with van der Waals surface area (Å²) in [6.07, 6.45) is 4.08. The van der Waals surface area contributed by atoms with E-state index in [9.17, 15) is 0 Å². The molecule has 0 aliphatic rings. The van der Waals surface area contributed by atoms with Gasteiger partial charge in [-0.1, -0.05) is 18.2 Å². The number of rotatable bonds is 7. The molecule has 136 valence electrons. The predicted molar refractivity (Wildman–Crippen MR) is 109 cm³/mol. The number of halogens is 2. The zero-order valence-electron chi connectivity index (χ0n) is 14.6. The minimum absolute atomic E-state index is 0. The quantitative estimate of drug-likeness (QED) is 0.560. The summed E-state index contributed by atoms with van der Waals surface area (Å²) in [5.74, 6) is 0.890. The molecule has 0 saturated carbocycles. The number of nitrogens with zero attached hydrogens (tertiary/aromatic N) is 3. The molecule has 0 saturated heterocycles. The van der Waals surface area contributed by atoms with E-state index >= 15 is 0 Å². The predicted octanol–water partition coefficient (Wildman–Crippen LogP) is 4.59. The largest absolute Gasteiger partial charge is 0.494 e. The van der Waals surface area contributed by atoms with Gasteiger partial charge in [0.05, 0.1) is 17.6 Å². The first-order valence-corrected chi connectivity index (χ1v) is 8.04. The molecule has 1 heterocycles. The lowest BCUT2D eigenvalue weighted by Gasteiger charge is -2.10. The second-order valence-electron chi connectivity index (χ2n) is 5.96. The van der Waals surface area contributed by atoms with Gasteiger partial charge in [0.1, 0.15) is 12.1 Å². The fourth-order valence-corrected chi connectivity index (χ4v) is 2.60. The van der Waals surface area contributed by atoms with Crippen LogP contribution in [0.2, 0.25) is 0 Å². The van der Waals surface area contributed by atoms with Crippen LogP contribution in [0.4, 0.5) is 0 Å². The summed E-state index contributed by atoms with van der Waals surface area (Å²) in [6, 6.07) is 16.4. The van der Waals surface area contributed by atoms with Gasteiger partial charge in [0.15, 0.2) is 0 Å². The van der Waals surface area contributed by atoms with E-state index in [1.807, 2.05) is 36.7 Å². The van der Waals surface area contributed by atoms with Crippen LogP contribution in [0.1, 0.15) is 12.8 Å². The molecule has 0 bridgehead atoms. The monoisotopic (exact) mass is 381 g/mol. The van der Waals surface area contributed by atoms with Crippen molar-refractivity contribution in [3.63, 3.8) is 0 Å². The van der Waals surface area contributed by atoms with E-state index in [4.69, 9.17) is 4.74 Å². The van der Waals surface area contributed by atoms with Gasteiger partial charge < -0.3 is 9.64 Å². The van der Waals surface area contributed by atoms with Crippen molar-refractivity contribution in [3.05, 3.63) is 54.9 Å². The average Bonchev–Trinajstić information content (AvgIpc) is 2.98. The van der Waals surface area contributed by atoms with E-state index in [1.54, 1.807) is 0 Å². The molecule has 0 fully saturated rings. The molecule has 6 heteroatoms. The van der Waals surface area contributed by atoms with Gasteiger partial charge in [-0.05, 0) is 57.7 Å². The number of imidazole rings is 1. The molecule has 0 amide bonds. The first kappa shape index (κ1) is 21.3. The van der Waals surface area contributed by atoms with E-state index in [2.05, 4.69) is 46.7 Å². The topological polar surface area (TPSA) is 30.3 Å². The van der Waals surface area contributed by atoms with E-state index in [0.717, 1.165) is 48.5 Å². The highest BCUT2D eigenvalue weighted by Gasteiger charge is 2.05. The fourth-order valence-electron chi connectivity index (χ4n) is 2.60. The summed E-state index contributed by atoms with van der Waals surface area (Å²) in [5.41, 5.74) is 3.17. The molecule has 25 heavy (non-hydrogen) atoms. The maximum atomic E-state index is 5.84. The fraction of sp³-hybridized carbons (Fsp3) is 0.316. The van der Waals surface area contributed by atoms with Crippen molar-refractivity contribution in [3.8, 4) is 11.4 Å². The van der Waals surface area contributed by atoms with Crippen LogP contribution >= 0.6 is 24.8 Å². The molecule has 0 N–H and O–H groups in total. The van der Waals surface area contributed by atoms with E-state index in [-0.39, 0.29) is 24.8 Å². The van der Waals surface area contributed by atoms with Crippen LogP contribution in [0, 0.1) is 0 Å². The summed E-state index contributed by atoms with van der Waals surface area (Å²) < 4.78 is 7.94. The van der Waals surface area contributed by atoms with Gasteiger partial charge in [0.25, 0.3) is 0 Å². The number of hydrogen-bond donors (Lipinski definition) is 0. The Morgan fingerprint density at radius 3 is 2.48 bits per heavy atom. The molecular formula is C19H25Cl2N3O. The van der Waals surface area contributed by atoms with Crippen molar-refractivity contribution in [2.24, 2.45) is 0 Å². The Labute approximate surface area is 161 Å². The van der Waals surface area contributed by atoms with Crippen molar-refractivity contribution in [1.29, 1.82) is 0 Å². The molecular weight excluding hydrogens is 357 g/mol. The van der Waals surface area contributed by atoms with Crippen molar-refractivity contribution in [1.82, 2.24) is 14.5 Å². The minimum Gasteiger partial charge on any atom is -0.494 e. The van der Waals surface area contributed by atoms with Crippen LogP contribution in [0.3, 0.4) is 0 Å². The molecule has 3 rings (SSSR count). The van der Waals surface area contributed by atoms with E-state index in [0.29, 0.717) is 0 Å². The van der Waals surface area contributed by atoms with Gasteiger partial charge >= 0.3 is 0 Å². The lowest BCUT2D eigenvalue weighted by atomic mass is 10.2. The van der Waals surface area contributed by atoms with Crippen molar-refractivity contribution in [2.75, 3.05) is 27.2 Å². The minimum atomic E-state index is 0. The first-order valence-electron chi connectivity index (χ1n) is 8.04. The molecule has 0 atom stereocenters. The SMILES string of the molecule is CN(C)CCCCOc1ccc2c(c1)ncn2-c1ccccc1.Cl.Cl. The Morgan fingerprint density at radius 1 is 1.00 bits per heavy atom. The highest BCUT2D eigenvalue weighted by atomic mass is 35.5. The summed E-state index contributed by atoms with van der Waals surface area (Å²) in [7, 11) is 4.19. The highest BCUT2D eigenvalue weighted by molar-refractivity contribution is 5.85. The van der Waals surface area contributed by atoms with Crippen LogP contribution in [0.15, 0.2) is 54.9 Å². The second-order valence-corrected chi connectivity index (χ2v) is 5.96. The lowest BCUT2D eigenvalue weighted by molar-refractivity contribution is 0.293. The van der Waals surface area contributed by atoms with Gasteiger partial charge in [-0.15, -0.1) is 24.8 Å². The maximum Gasteiger partial charge on any atom is 0.121 e. The van der Waals surface area contributed by atoms with E-state index in [1.165, 1.54) is 0 Å². The van der Waals surface area contributed by atoms with Gasteiger partial charge in [-0.25, -0.2) is 4.98 Å². The second kappa shape index (κ2) is 10.3. The van der Waals surface area contributed by atoms with Crippen LogP contribution in [-0.2, 0) is 0 Å². The first-order chi connectivity index (χ1) is 11.2. The number of aromatic nitrogens is 2. The molecule has 2 aromatic carbocycles. The normalized spacial score (nSPS) is 10.4. The standard InChI is InChI=1S/C19H23N3O.2ClH/c1-21(2)12-6-7-13-23-17-10-11-19-18(14-17)20-15-22(19)16-8-4-3-5-9-16;;/h3-5,8-11,14-15H,6-7,12-13H2,1-2H3;2*1H.